The maximum atomic E-state index is 13.9. The number of amides is 1. The molecule has 0 fully saturated rings. The predicted molar refractivity (Wildman–Crippen MR) is 163 cm³/mol. The van der Waals surface area contributed by atoms with Crippen LogP contribution < -0.4 is 15.4 Å². The lowest BCUT2D eigenvalue weighted by Crippen LogP contribution is -2.24. The van der Waals surface area contributed by atoms with Crippen molar-refractivity contribution in [3.8, 4) is 16.9 Å². The van der Waals surface area contributed by atoms with Crippen LogP contribution in [0.4, 0.5) is 33.6 Å². The molecular weight excluding hydrogens is 701 g/mol. The summed E-state index contributed by atoms with van der Waals surface area (Å²) in [7, 11) is -3.77. The third-order valence-electron chi connectivity index (χ3n) is 6.67. The van der Waals surface area contributed by atoms with Crippen molar-refractivity contribution >= 4 is 49.0 Å². The van der Waals surface area contributed by atoms with E-state index in [0.29, 0.717) is 22.3 Å². The first kappa shape index (κ1) is 32.8. The van der Waals surface area contributed by atoms with E-state index < -0.39 is 40.2 Å². The van der Waals surface area contributed by atoms with Gasteiger partial charge in [0.05, 0.1) is 10.6 Å². The second-order valence-corrected chi connectivity index (χ2v) is 13.1. The molecule has 46 heavy (non-hydrogen) atoms. The molecule has 240 valence electrons. The number of pyridine rings is 1. The lowest BCUT2D eigenvalue weighted by atomic mass is 10.0. The molecule has 0 radical (unpaired) electrons. The molecule has 0 aliphatic heterocycles. The van der Waals surface area contributed by atoms with Gasteiger partial charge in [-0.1, -0.05) is 18.2 Å². The van der Waals surface area contributed by atoms with Gasteiger partial charge in [0.15, 0.2) is 22.1 Å². The molecule has 0 spiro atoms. The normalized spacial score (nSPS) is 11.9. The van der Waals surface area contributed by atoms with E-state index in [1.807, 2.05) is 0 Å². The van der Waals surface area contributed by atoms with Crippen LogP contribution >= 0.6 is 15.9 Å². The molecule has 9 nitrogen and oxygen atoms in total. The highest BCUT2D eigenvalue weighted by molar-refractivity contribution is 9.10. The van der Waals surface area contributed by atoms with E-state index >= 15 is 0 Å². The minimum absolute atomic E-state index is 0.0115. The second kappa shape index (κ2) is 12.7. The number of fused-ring (bicyclic) bond motifs is 1. The number of sulfone groups is 1. The zero-order chi connectivity index (χ0) is 33.4. The third-order valence-corrected chi connectivity index (χ3v) is 8.39. The summed E-state index contributed by atoms with van der Waals surface area (Å²) >= 11 is 3.20. The van der Waals surface area contributed by atoms with Crippen molar-refractivity contribution in [3.05, 3.63) is 99.7 Å². The van der Waals surface area contributed by atoms with Crippen LogP contribution in [0.3, 0.4) is 0 Å². The number of rotatable bonds is 9. The lowest BCUT2D eigenvalue weighted by molar-refractivity contribution is -0.153. The number of alkyl halides is 3. The number of nitrogens with one attached hydrogen (secondary N) is 2. The molecule has 0 saturated heterocycles. The molecular formula is C30H23BrF5N5O4S. The fraction of sp³-hybridized carbons (Fsp3) is 0.167. The molecule has 0 unspecified atom stereocenters. The van der Waals surface area contributed by atoms with E-state index in [1.165, 1.54) is 16.6 Å². The third kappa shape index (κ3) is 7.62. The van der Waals surface area contributed by atoms with Crippen LogP contribution in [0.5, 0.6) is 5.75 Å². The monoisotopic (exact) mass is 723 g/mol. The summed E-state index contributed by atoms with van der Waals surface area (Å²) in [6.07, 6.45) is -2.10. The van der Waals surface area contributed by atoms with E-state index in [0.717, 1.165) is 30.0 Å². The van der Waals surface area contributed by atoms with Crippen molar-refractivity contribution in [2.24, 2.45) is 0 Å². The molecule has 3 aromatic carbocycles. The first-order valence-corrected chi connectivity index (χ1v) is 16.0. The summed E-state index contributed by atoms with van der Waals surface area (Å²) in [6.45, 7) is -0.0476. The Hall–Kier alpha value is -4.57. The Bertz CT molecular complexity index is 2090. The highest BCUT2D eigenvalue weighted by atomic mass is 79.9. The van der Waals surface area contributed by atoms with E-state index in [-0.39, 0.29) is 38.9 Å². The number of carbonyl (C=O) groups is 1. The Morgan fingerprint density at radius 1 is 1.02 bits per heavy atom. The van der Waals surface area contributed by atoms with Crippen molar-refractivity contribution in [2.75, 3.05) is 18.2 Å². The predicted octanol–water partition coefficient (Wildman–Crippen LogP) is 6.76. The van der Waals surface area contributed by atoms with Crippen molar-refractivity contribution in [3.63, 3.8) is 0 Å². The summed E-state index contributed by atoms with van der Waals surface area (Å²) in [5, 5.41) is 9.78. The van der Waals surface area contributed by atoms with Gasteiger partial charge in [-0.15, -0.1) is 5.10 Å². The van der Waals surface area contributed by atoms with Gasteiger partial charge in [-0.2, -0.15) is 18.2 Å². The largest absolute Gasteiger partial charge is 0.482 e. The second-order valence-electron chi connectivity index (χ2n) is 10.2. The van der Waals surface area contributed by atoms with E-state index in [9.17, 15) is 35.2 Å². The van der Waals surface area contributed by atoms with Crippen molar-refractivity contribution in [1.82, 2.24) is 19.9 Å². The van der Waals surface area contributed by atoms with Gasteiger partial charge in [-0.25, -0.2) is 21.7 Å². The van der Waals surface area contributed by atoms with Gasteiger partial charge in [-0.05, 0) is 64.3 Å². The molecule has 2 N–H and O–H groups in total. The standard InChI is InChI=1S/C30H23BrF5N5O4S/c1-16-9-17(4-7-22(16)28(42)37-13-18-3-6-20(32)10-24(18)33)19-5-8-26-38-29(40-41(26)14-19)39-27-23(31)11-21(46(2,43)44)12-25(27)45-15-30(34,35)36/h3-12,14H,13,15H2,1-2H3,(H,37,42)(H,39,40). The molecule has 5 rings (SSSR count). The number of aromatic nitrogens is 3. The van der Waals surface area contributed by atoms with E-state index in [1.54, 1.807) is 43.5 Å². The molecule has 0 atom stereocenters. The SMILES string of the molecule is Cc1cc(-c2ccc3nc(Nc4c(Br)cc(S(C)(=O)=O)cc4OCC(F)(F)F)nn3c2)ccc1C(=O)NCc1ccc(F)cc1F. The fourth-order valence-corrected chi connectivity index (χ4v) is 5.76. The van der Waals surface area contributed by atoms with Crippen LogP contribution in [0, 0.1) is 18.6 Å². The van der Waals surface area contributed by atoms with Crippen LogP contribution in [-0.2, 0) is 16.4 Å². The van der Waals surface area contributed by atoms with Gasteiger partial charge in [0.25, 0.3) is 5.91 Å². The van der Waals surface area contributed by atoms with Gasteiger partial charge in [-0.3, -0.25) is 4.79 Å². The van der Waals surface area contributed by atoms with Crippen molar-refractivity contribution < 1.29 is 39.9 Å². The lowest BCUT2D eigenvalue weighted by Gasteiger charge is -2.16. The van der Waals surface area contributed by atoms with Gasteiger partial charge in [0.1, 0.15) is 17.4 Å². The fourth-order valence-electron chi connectivity index (χ4n) is 4.42. The Balaban J connectivity index is 1.37. The van der Waals surface area contributed by atoms with Gasteiger partial charge in [0.2, 0.25) is 5.95 Å². The average molecular weight is 725 g/mol. The van der Waals surface area contributed by atoms with Gasteiger partial charge >= 0.3 is 6.18 Å². The number of nitrogens with zero attached hydrogens (tertiary/aromatic N) is 3. The maximum absolute atomic E-state index is 13.9. The number of hydrogen-bond donors (Lipinski definition) is 2. The molecule has 0 aliphatic carbocycles. The number of carbonyl (C=O) groups excluding carboxylic acids is 1. The molecule has 2 heterocycles. The quantitative estimate of drug-likeness (QED) is 0.162. The average Bonchev–Trinajstić information content (AvgIpc) is 3.37. The van der Waals surface area contributed by atoms with E-state index in [2.05, 4.69) is 36.6 Å². The number of hydrogen-bond acceptors (Lipinski definition) is 7. The highest BCUT2D eigenvalue weighted by Gasteiger charge is 2.30. The van der Waals surface area contributed by atoms with Crippen LogP contribution in [0.2, 0.25) is 0 Å². The summed E-state index contributed by atoms with van der Waals surface area (Å²) in [5.74, 6) is -2.31. The maximum Gasteiger partial charge on any atom is 0.422 e. The minimum atomic E-state index is -4.67. The molecule has 5 aromatic rings. The minimum Gasteiger partial charge on any atom is -0.482 e. The molecule has 0 saturated carbocycles. The first-order chi connectivity index (χ1) is 21.6. The number of halogens is 6. The van der Waals surface area contributed by atoms with Crippen LogP contribution in [0.25, 0.3) is 16.8 Å². The zero-order valence-corrected chi connectivity index (χ0v) is 26.3. The Morgan fingerprint density at radius 3 is 2.43 bits per heavy atom. The number of benzene rings is 3. The van der Waals surface area contributed by atoms with Crippen LogP contribution in [-0.4, -0.2) is 48.0 Å². The molecule has 16 heteroatoms. The van der Waals surface area contributed by atoms with Crippen molar-refractivity contribution in [1.29, 1.82) is 0 Å². The topological polar surface area (TPSA) is 115 Å². The Morgan fingerprint density at radius 2 is 1.76 bits per heavy atom. The summed E-state index contributed by atoms with van der Waals surface area (Å²) < 4.78 is 96.4. The number of anilines is 2. The van der Waals surface area contributed by atoms with Crippen LogP contribution in [0.15, 0.2) is 76.2 Å². The highest BCUT2D eigenvalue weighted by Crippen LogP contribution is 2.38. The summed E-state index contributed by atoms with van der Waals surface area (Å²) in [6, 6.07) is 13.8. The van der Waals surface area contributed by atoms with Crippen molar-refractivity contribution in [2.45, 2.75) is 24.5 Å². The smallest absolute Gasteiger partial charge is 0.422 e. The van der Waals surface area contributed by atoms with Gasteiger partial charge in [0, 0.05) is 52.3 Å². The molecule has 0 aliphatic rings. The number of aryl methyl sites for hydroxylation is 1. The molecule has 1 amide bonds. The Kier molecular flexibility index (Phi) is 9.04. The van der Waals surface area contributed by atoms with Gasteiger partial charge < -0.3 is 15.4 Å². The summed E-state index contributed by atoms with van der Waals surface area (Å²) in [5.41, 5.74) is 2.92. The molecule has 0 bridgehead atoms. The molecule has 2 aromatic heterocycles. The Labute approximate surface area is 267 Å². The number of ether oxygens (including phenoxy) is 1. The van der Waals surface area contributed by atoms with Crippen LogP contribution in [0.1, 0.15) is 21.5 Å². The summed E-state index contributed by atoms with van der Waals surface area (Å²) in [4.78, 5) is 16.8. The zero-order valence-electron chi connectivity index (χ0n) is 23.9. The van der Waals surface area contributed by atoms with E-state index in [4.69, 9.17) is 4.74 Å². The first-order valence-electron chi connectivity index (χ1n) is 13.3.